The van der Waals surface area contributed by atoms with Crippen molar-refractivity contribution < 1.29 is 36.9 Å². The number of hydrogen-bond donors (Lipinski definition) is 4. The molecule has 0 aliphatic carbocycles. The molecule has 0 bridgehead atoms. The summed E-state index contributed by atoms with van der Waals surface area (Å²) in [7, 11) is -13.2. The second-order valence-corrected chi connectivity index (χ2v) is 22.8. The van der Waals surface area contributed by atoms with Crippen molar-refractivity contribution in [1.29, 1.82) is 0 Å². The zero-order chi connectivity index (χ0) is 22.0. The van der Waals surface area contributed by atoms with Crippen LogP contribution in [0.5, 0.6) is 0 Å². The van der Waals surface area contributed by atoms with Crippen molar-refractivity contribution in [3.8, 4) is 0 Å². The van der Waals surface area contributed by atoms with E-state index < -0.39 is 57.2 Å². The first-order chi connectivity index (χ1) is 12.8. The van der Waals surface area contributed by atoms with Gasteiger partial charge in [-0.05, 0) is 51.9 Å². The van der Waals surface area contributed by atoms with E-state index in [1.165, 1.54) is 0 Å². The summed E-state index contributed by atoms with van der Waals surface area (Å²) in [6.45, 7) is 14.6. The molecule has 0 spiro atoms. The maximum atomic E-state index is 11.0. The lowest BCUT2D eigenvalue weighted by atomic mass is 10.5. The Morgan fingerprint density at radius 2 is 0.750 bits per heavy atom. The van der Waals surface area contributed by atoms with Gasteiger partial charge in [0.25, 0.3) is 0 Å². The van der Waals surface area contributed by atoms with Crippen LogP contribution >= 0.6 is 0 Å². The Bertz CT molecular complexity index is 445. The third-order valence-electron chi connectivity index (χ3n) is 5.03. The van der Waals surface area contributed by atoms with Crippen molar-refractivity contribution in [2.24, 2.45) is 0 Å². The van der Waals surface area contributed by atoms with Gasteiger partial charge < -0.3 is 36.9 Å². The SMILES string of the molecule is CCC(O)[Si]1(C(O)CC)O[Si](C)(C)O[Si](C)(C)O[Si](C(O)CC)(C(O)CC)O1. The van der Waals surface area contributed by atoms with Crippen molar-refractivity contribution in [1.82, 2.24) is 0 Å². The monoisotopic (exact) mass is 472 g/mol. The molecule has 0 radical (unpaired) electrons. The van der Waals surface area contributed by atoms with Gasteiger partial charge >= 0.3 is 34.2 Å². The minimum atomic E-state index is -3.78. The summed E-state index contributed by atoms with van der Waals surface area (Å²) in [5.74, 6) is 0. The molecule has 4 atom stereocenters. The van der Waals surface area contributed by atoms with E-state index in [-0.39, 0.29) is 0 Å². The average Bonchev–Trinajstić information content (AvgIpc) is 2.61. The third-order valence-corrected chi connectivity index (χ3v) is 23.3. The molecule has 0 amide bonds. The second kappa shape index (κ2) is 9.78. The van der Waals surface area contributed by atoms with Crippen molar-refractivity contribution in [3.05, 3.63) is 0 Å². The summed E-state index contributed by atoms with van der Waals surface area (Å²) in [4.78, 5) is 0. The van der Waals surface area contributed by atoms with Gasteiger partial charge in [-0.15, -0.1) is 0 Å². The molecule has 0 aromatic heterocycles. The van der Waals surface area contributed by atoms with Crippen LogP contribution in [0.3, 0.4) is 0 Å². The molecule has 1 rings (SSSR count). The lowest BCUT2D eigenvalue weighted by Gasteiger charge is -2.54. The Labute approximate surface area is 173 Å². The highest BCUT2D eigenvalue weighted by atomic mass is 28.5. The maximum absolute atomic E-state index is 11.0. The van der Waals surface area contributed by atoms with E-state index in [1.807, 2.05) is 26.2 Å². The summed E-state index contributed by atoms with van der Waals surface area (Å²) in [6, 6.07) is 0. The van der Waals surface area contributed by atoms with Gasteiger partial charge in [-0.1, -0.05) is 27.7 Å². The zero-order valence-corrected chi connectivity index (χ0v) is 22.6. The van der Waals surface area contributed by atoms with Gasteiger partial charge in [-0.2, -0.15) is 0 Å². The Kier molecular flexibility index (Phi) is 9.29. The number of aliphatic hydroxyl groups is 4. The summed E-state index contributed by atoms with van der Waals surface area (Å²) in [5.41, 5.74) is -4.21. The van der Waals surface area contributed by atoms with E-state index in [4.69, 9.17) is 16.5 Å². The highest BCUT2D eigenvalue weighted by Crippen LogP contribution is 2.38. The molecule has 12 heteroatoms. The van der Waals surface area contributed by atoms with Crippen LogP contribution in [0, 0.1) is 0 Å². The Morgan fingerprint density at radius 1 is 0.500 bits per heavy atom. The normalized spacial score (nSPS) is 34.7. The van der Waals surface area contributed by atoms with E-state index in [9.17, 15) is 20.4 Å². The molecular formula is C16H40O8Si4. The van der Waals surface area contributed by atoms with Gasteiger partial charge in [0.2, 0.25) is 0 Å². The summed E-state index contributed by atoms with van der Waals surface area (Å²) < 4.78 is 25.8. The van der Waals surface area contributed by atoms with Crippen molar-refractivity contribution in [3.63, 3.8) is 0 Å². The van der Waals surface area contributed by atoms with E-state index in [0.717, 1.165) is 0 Å². The van der Waals surface area contributed by atoms with Crippen LogP contribution in [0.2, 0.25) is 26.2 Å². The molecule has 1 heterocycles. The minimum absolute atomic E-state index is 0.309. The highest BCUT2D eigenvalue weighted by molar-refractivity contribution is 6.95. The predicted octanol–water partition coefficient (Wildman–Crippen LogP) is 1.59. The van der Waals surface area contributed by atoms with Crippen LogP contribution in [0.25, 0.3) is 0 Å². The molecule has 8 nitrogen and oxygen atoms in total. The smallest absolute Gasteiger partial charge is 0.379 e. The first kappa shape index (κ1) is 26.6. The van der Waals surface area contributed by atoms with Crippen LogP contribution in [-0.2, 0) is 16.5 Å². The van der Waals surface area contributed by atoms with Gasteiger partial charge in [-0.3, -0.25) is 0 Å². The fourth-order valence-electron chi connectivity index (χ4n) is 3.82. The van der Waals surface area contributed by atoms with Crippen molar-refractivity contribution >= 4 is 34.2 Å². The first-order valence-electron chi connectivity index (χ1n) is 10.3. The molecule has 0 aromatic carbocycles. The molecule has 28 heavy (non-hydrogen) atoms. The number of rotatable bonds is 8. The second-order valence-electron chi connectivity index (χ2n) is 8.35. The highest BCUT2D eigenvalue weighted by Gasteiger charge is 2.67. The molecule has 4 unspecified atom stereocenters. The quantitative estimate of drug-likeness (QED) is 0.393. The fraction of sp³-hybridized carbons (Fsp3) is 1.00. The molecule has 1 saturated heterocycles. The molecule has 0 saturated carbocycles. The summed E-state index contributed by atoms with van der Waals surface area (Å²) in [5, 5.41) is 44.0. The van der Waals surface area contributed by atoms with E-state index in [1.54, 1.807) is 27.7 Å². The van der Waals surface area contributed by atoms with Gasteiger partial charge in [0, 0.05) is 0 Å². The molecule has 1 aliphatic heterocycles. The Hall–Kier alpha value is 0.548. The largest absolute Gasteiger partial charge is 0.416 e. The van der Waals surface area contributed by atoms with E-state index in [2.05, 4.69) is 0 Å². The van der Waals surface area contributed by atoms with Gasteiger partial charge in [0.05, 0.1) is 22.9 Å². The molecular weight excluding hydrogens is 433 g/mol. The summed E-state index contributed by atoms with van der Waals surface area (Å²) >= 11 is 0. The van der Waals surface area contributed by atoms with Crippen LogP contribution in [0.1, 0.15) is 53.4 Å². The van der Waals surface area contributed by atoms with E-state index in [0.29, 0.717) is 25.7 Å². The van der Waals surface area contributed by atoms with Crippen molar-refractivity contribution in [2.75, 3.05) is 0 Å². The first-order valence-corrected chi connectivity index (χ1v) is 19.9. The average molecular weight is 473 g/mol. The third kappa shape index (κ3) is 5.42. The molecule has 1 aliphatic rings. The topological polar surface area (TPSA) is 118 Å². The molecule has 0 aromatic rings. The number of hydrogen-bond acceptors (Lipinski definition) is 8. The van der Waals surface area contributed by atoms with Crippen LogP contribution in [0.15, 0.2) is 0 Å². The molecule has 1 fully saturated rings. The Morgan fingerprint density at radius 3 is 0.964 bits per heavy atom. The van der Waals surface area contributed by atoms with E-state index >= 15 is 0 Å². The summed E-state index contributed by atoms with van der Waals surface area (Å²) in [6.07, 6.45) is 1.24. The fourth-order valence-corrected chi connectivity index (χ4v) is 26.4. The maximum Gasteiger partial charge on any atom is 0.379 e. The zero-order valence-electron chi connectivity index (χ0n) is 18.6. The van der Waals surface area contributed by atoms with Gasteiger partial charge in [-0.25, -0.2) is 0 Å². The van der Waals surface area contributed by atoms with Crippen LogP contribution in [0.4, 0.5) is 0 Å². The standard InChI is InChI=1S/C16H40O8Si4/c1-9-13(17)27(14(18)10-2)22-25(5,6)21-26(7,8)23-28(24-27,15(19)11-3)16(20)12-4/h13-20H,9-12H2,1-8H3. The van der Waals surface area contributed by atoms with Crippen LogP contribution < -0.4 is 0 Å². The number of aliphatic hydroxyl groups excluding tert-OH is 4. The van der Waals surface area contributed by atoms with Crippen LogP contribution in [-0.4, -0.2) is 77.6 Å². The lowest BCUT2D eigenvalue weighted by Crippen LogP contribution is -2.79. The van der Waals surface area contributed by atoms with Gasteiger partial charge in [0.1, 0.15) is 0 Å². The Balaban J connectivity index is 3.75. The van der Waals surface area contributed by atoms with Crippen molar-refractivity contribution in [2.45, 2.75) is 102 Å². The predicted molar refractivity (Wildman–Crippen MR) is 116 cm³/mol. The molecule has 4 N–H and O–H groups in total. The molecule has 168 valence electrons. The lowest BCUT2D eigenvalue weighted by molar-refractivity contribution is 0.0604. The minimum Gasteiger partial charge on any atom is -0.416 e. The van der Waals surface area contributed by atoms with Gasteiger partial charge in [0.15, 0.2) is 0 Å².